The predicted molar refractivity (Wildman–Crippen MR) is 81.8 cm³/mol. The molecule has 21 heavy (non-hydrogen) atoms. The van der Waals surface area contributed by atoms with Gasteiger partial charge < -0.3 is 10.4 Å². The first-order valence-electron chi connectivity index (χ1n) is 6.93. The molecule has 0 aliphatic heterocycles. The van der Waals surface area contributed by atoms with Crippen LogP contribution in [0.3, 0.4) is 0 Å². The van der Waals surface area contributed by atoms with Gasteiger partial charge in [0.25, 0.3) is 5.91 Å². The Kier molecular flexibility index (Phi) is 5.06. The van der Waals surface area contributed by atoms with Crippen LogP contribution >= 0.6 is 11.8 Å². The number of carbonyl (C=O) groups is 1. The van der Waals surface area contributed by atoms with E-state index in [1.807, 2.05) is 11.8 Å². The molecule has 1 aromatic rings. The van der Waals surface area contributed by atoms with Crippen molar-refractivity contribution < 1.29 is 14.8 Å². The number of nitro benzene ring substituents is 1. The summed E-state index contributed by atoms with van der Waals surface area (Å²) < 4.78 is 0. The molecule has 1 aliphatic carbocycles. The van der Waals surface area contributed by atoms with Gasteiger partial charge in [-0.05, 0) is 24.7 Å². The number of nitrogens with zero attached hydrogens (tertiary/aromatic N) is 1. The summed E-state index contributed by atoms with van der Waals surface area (Å²) in [5.74, 6) is -0.0403. The number of carbonyl (C=O) groups excluding carboxylic acids is 1. The van der Waals surface area contributed by atoms with Crippen molar-refractivity contribution in [2.45, 2.75) is 37.5 Å². The van der Waals surface area contributed by atoms with Crippen LogP contribution in [0, 0.1) is 10.1 Å². The summed E-state index contributed by atoms with van der Waals surface area (Å²) >= 11 is 1.81. The molecule has 2 unspecified atom stereocenters. The number of rotatable bonds is 5. The first-order chi connectivity index (χ1) is 10.0. The van der Waals surface area contributed by atoms with Gasteiger partial charge in [-0.25, -0.2) is 0 Å². The first kappa shape index (κ1) is 15.6. The van der Waals surface area contributed by atoms with Crippen LogP contribution in [0.15, 0.2) is 18.2 Å². The lowest BCUT2D eigenvalue weighted by molar-refractivity contribution is -0.385. The Labute approximate surface area is 127 Å². The highest BCUT2D eigenvalue weighted by atomic mass is 32.2. The quantitative estimate of drug-likeness (QED) is 0.644. The van der Waals surface area contributed by atoms with Crippen LogP contribution in [0.25, 0.3) is 0 Å². The minimum Gasteiger partial charge on any atom is -0.502 e. The molecular weight excluding hydrogens is 292 g/mol. The van der Waals surface area contributed by atoms with Crippen molar-refractivity contribution in [2.24, 2.45) is 0 Å². The van der Waals surface area contributed by atoms with Gasteiger partial charge in [0.1, 0.15) is 0 Å². The Bertz CT molecular complexity index is 550. The second kappa shape index (κ2) is 6.80. The fourth-order valence-corrected chi connectivity index (χ4v) is 3.81. The van der Waals surface area contributed by atoms with Gasteiger partial charge >= 0.3 is 5.69 Å². The van der Waals surface area contributed by atoms with Crippen molar-refractivity contribution in [3.63, 3.8) is 0 Å². The molecule has 0 heterocycles. The van der Waals surface area contributed by atoms with E-state index in [0.29, 0.717) is 5.25 Å². The Hall–Kier alpha value is -1.76. The lowest BCUT2D eigenvalue weighted by atomic mass is 10.1. The topological polar surface area (TPSA) is 92.5 Å². The van der Waals surface area contributed by atoms with Crippen LogP contribution in [-0.4, -0.2) is 33.0 Å². The second-order valence-corrected chi connectivity index (χ2v) is 6.45. The fourth-order valence-electron chi connectivity index (χ4n) is 2.61. The molecule has 1 amide bonds. The third-order valence-corrected chi connectivity index (χ3v) is 4.93. The zero-order chi connectivity index (χ0) is 15.4. The molecule has 2 N–H and O–H groups in total. The molecule has 1 aliphatic rings. The largest absolute Gasteiger partial charge is 0.502 e. The molecule has 7 heteroatoms. The van der Waals surface area contributed by atoms with Crippen molar-refractivity contribution in [1.29, 1.82) is 0 Å². The smallest absolute Gasteiger partial charge is 0.311 e. The average Bonchev–Trinajstić information content (AvgIpc) is 2.86. The normalized spacial score (nSPS) is 21.2. The van der Waals surface area contributed by atoms with Gasteiger partial charge in [-0.1, -0.05) is 19.4 Å². The van der Waals surface area contributed by atoms with Gasteiger partial charge in [-0.3, -0.25) is 14.9 Å². The minimum absolute atomic E-state index is 0.0450. The van der Waals surface area contributed by atoms with E-state index in [9.17, 15) is 20.0 Å². The number of benzene rings is 1. The maximum atomic E-state index is 12.2. The van der Waals surface area contributed by atoms with Crippen molar-refractivity contribution in [2.75, 3.05) is 5.75 Å². The van der Waals surface area contributed by atoms with E-state index in [-0.39, 0.29) is 11.6 Å². The summed E-state index contributed by atoms with van der Waals surface area (Å²) in [6.07, 6.45) is 3.02. The third-order valence-electron chi connectivity index (χ3n) is 3.61. The van der Waals surface area contributed by atoms with Gasteiger partial charge in [-0.2, -0.15) is 11.8 Å². The molecule has 1 aromatic carbocycles. The number of phenols is 1. The number of nitro groups is 1. The molecule has 1 saturated carbocycles. The summed E-state index contributed by atoms with van der Waals surface area (Å²) in [6, 6.07) is 4.03. The van der Waals surface area contributed by atoms with Crippen LogP contribution < -0.4 is 5.32 Å². The maximum absolute atomic E-state index is 12.2. The minimum atomic E-state index is -0.697. The van der Waals surface area contributed by atoms with E-state index in [0.717, 1.165) is 25.0 Å². The molecule has 0 aromatic heterocycles. The van der Waals surface area contributed by atoms with Gasteiger partial charge in [0, 0.05) is 17.4 Å². The Morgan fingerprint density at radius 3 is 2.95 bits per heavy atom. The van der Waals surface area contributed by atoms with Crippen molar-refractivity contribution in [1.82, 2.24) is 5.32 Å². The average molecular weight is 310 g/mol. The number of hydrogen-bond donors (Lipinski definition) is 2. The lowest BCUT2D eigenvalue weighted by Crippen LogP contribution is -2.38. The van der Waals surface area contributed by atoms with Gasteiger partial charge in [0.05, 0.1) is 10.5 Å². The molecule has 0 spiro atoms. The highest BCUT2D eigenvalue weighted by molar-refractivity contribution is 7.99. The maximum Gasteiger partial charge on any atom is 0.311 e. The highest BCUT2D eigenvalue weighted by Crippen LogP contribution is 2.32. The molecule has 1 fully saturated rings. The monoisotopic (exact) mass is 310 g/mol. The van der Waals surface area contributed by atoms with E-state index in [4.69, 9.17) is 0 Å². The molecule has 6 nitrogen and oxygen atoms in total. The van der Waals surface area contributed by atoms with Crippen LogP contribution in [0.1, 0.15) is 36.5 Å². The van der Waals surface area contributed by atoms with E-state index >= 15 is 0 Å². The van der Waals surface area contributed by atoms with Crippen LogP contribution in [0.5, 0.6) is 5.75 Å². The molecule has 0 saturated heterocycles. The van der Waals surface area contributed by atoms with Crippen LogP contribution in [0.2, 0.25) is 0 Å². The van der Waals surface area contributed by atoms with E-state index in [2.05, 4.69) is 12.2 Å². The molecule has 2 atom stereocenters. The third kappa shape index (κ3) is 3.47. The Balaban J connectivity index is 2.14. The van der Waals surface area contributed by atoms with Crippen LogP contribution in [0.4, 0.5) is 5.69 Å². The number of nitrogens with one attached hydrogen (secondary N) is 1. The Morgan fingerprint density at radius 1 is 1.52 bits per heavy atom. The standard InChI is InChI=1S/C14H18N2O4S/c1-2-21-12-8-4-6-10(12)15-14(18)9-5-3-7-11(13(9)17)16(19)20/h3,5,7,10,12,17H,2,4,6,8H2,1H3,(H,15,18). The van der Waals surface area contributed by atoms with Crippen molar-refractivity contribution >= 4 is 23.4 Å². The lowest BCUT2D eigenvalue weighted by Gasteiger charge is -2.20. The molecule has 114 valence electrons. The number of amides is 1. The number of hydrogen-bond acceptors (Lipinski definition) is 5. The summed E-state index contributed by atoms with van der Waals surface area (Å²) in [7, 11) is 0. The van der Waals surface area contributed by atoms with E-state index in [1.54, 1.807) is 0 Å². The van der Waals surface area contributed by atoms with Crippen molar-refractivity contribution in [3.05, 3.63) is 33.9 Å². The summed E-state index contributed by atoms with van der Waals surface area (Å²) in [5, 5.41) is 23.9. The van der Waals surface area contributed by atoms with Gasteiger partial charge in [-0.15, -0.1) is 0 Å². The fraction of sp³-hybridized carbons (Fsp3) is 0.500. The molecule has 0 bridgehead atoms. The van der Waals surface area contributed by atoms with Gasteiger partial charge in [0.2, 0.25) is 5.75 Å². The number of phenolic OH excluding ortho intramolecular Hbond substituents is 1. The summed E-state index contributed by atoms with van der Waals surface area (Å²) in [4.78, 5) is 22.3. The highest BCUT2D eigenvalue weighted by Gasteiger charge is 2.30. The summed E-state index contributed by atoms with van der Waals surface area (Å²) in [5.41, 5.74) is -0.495. The van der Waals surface area contributed by atoms with E-state index in [1.165, 1.54) is 18.2 Å². The molecule has 0 radical (unpaired) electrons. The SMILES string of the molecule is CCSC1CCCC1NC(=O)c1cccc([N+](=O)[O-])c1O. The summed E-state index contributed by atoms with van der Waals surface area (Å²) in [6.45, 7) is 2.08. The molecular formula is C14H18N2O4S. The number of thioether (sulfide) groups is 1. The van der Waals surface area contributed by atoms with Crippen molar-refractivity contribution in [3.8, 4) is 5.75 Å². The van der Waals surface area contributed by atoms with Gasteiger partial charge in [0.15, 0.2) is 0 Å². The zero-order valence-corrected chi connectivity index (χ0v) is 12.6. The van der Waals surface area contributed by atoms with E-state index < -0.39 is 22.3 Å². The zero-order valence-electron chi connectivity index (χ0n) is 11.7. The number of para-hydroxylation sites is 1. The first-order valence-corrected chi connectivity index (χ1v) is 7.98. The number of aromatic hydroxyl groups is 1. The Morgan fingerprint density at radius 2 is 2.29 bits per heavy atom. The molecule has 2 rings (SSSR count). The van der Waals surface area contributed by atoms with Crippen LogP contribution in [-0.2, 0) is 0 Å². The predicted octanol–water partition coefficient (Wildman–Crippen LogP) is 2.70. The second-order valence-electron chi connectivity index (χ2n) is 4.94.